The third-order valence-corrected chi connectivity index (χ3v) is 0.336. The first-order chi connectivity index (χ1) is 2.91. The molecule has 33 valence electrons. The van der Waals surface area contributed by atoms with E-state index in [9.17, 15) is 4.39 Å². The molecule has 0 atom stereocenters. The van der Waals surface area contributed by atoms with Crippen molar-refractivity contribution in [2.45, 2.75) is 0 Å². The Hall–Kier alpha value is -0.590. The van der Waals surface area contributed by atoms with Gasteiger partial charge in [0.2, 0.25) is 0 Å². The molecule has 0 bridgehead atoms. The fourth-order valence-corrected chi connectivity index (χ4v) is 0.130. The van der Waals surface area contributed by atoms with E-state index >= 15 is 0 Å². The summed E-state index contributed by atoms with van der Waals surface area (Å²) in [6, 6.07) is 0. The quantitative estimate of drug-likeness (QED) is 0.446. The molecular formula is C5H6F. The monoisotopic (exact) mass is 85.0 g/mol. The van der Waals surface area contributed by atoms with Gasteiger partial charge in [-0.3, -0.25) is 0 Å². The Morgan fingerprint density at radius 2 is 2.33 bits per heavy atom. The van der Waals surface area contributed by atoms with Crippen molar-refractivity contribution < 1.29 is 4.39 Å². The fraction of sp³-hybridized carbons (Fsp3) is 0.200. The van der Waals surface area contributed by atoms with Crippen LogP contribution in [0.3, 0.4) is 0 Å². The average Bonchev–Trinajstić information content (AvgIpc) is 1.61. The van der Waals surface area contributed by atoms with Crippen molar-refractivity contribution in [3.05, 3.63) is 24.8 Å². The second-order valence-corrected chi connectivity index (χ2v) is 0.775. The first kappa shape index (κ1) is 5.41. The summed E-state index contributed by atoms with van der Waals surface area (Å²) in [5.74, 6) is 0. The summed E-state index contributed by atoms with van der Waals surface area (Å²) in [4.78, 5) is 0. The Morgan fingerprint density at radius 1 is 1.67 bits per heavy atom. The van der Waals surface area contributed by atoms with Gasteiger partial charge in [-0.15, -0.1) is 0 Å². The van der Waals surface area contributed by atoms with Gasteiger partial charge in [-0.2, -0.15) is 0 Å². The molecule has 0 saturated carbocycles. The molecule has 0 N–H and O–H groups in total. The lowest BCUT2D eigenvalue weighted by Gasteiger charge is -1.65. The van der Waals surface area contributed by atoms with Crippen LogP contribution in [0.25, 0.3) is 0 Å². The highest BCUT2D eigenvalue weighted by Crippen LogP contribution is 1.71. The number of allylic oxidation sites excluding steroid dienone is 3. The number of halogens is 1. The zero-order valence-corrected chi connectivity index (χ0v) is 3.39. The molecular weight excluding hydrogens is 79.1 g/mol. The minimum absolute atomic E-state index is 0.437. The largest absolute Gasteiger partial charge is 0.247 e. The second-order valence-electron chi connectivity index (χ2n) is 0.775. The zero-order valence-electron chi connectivity index (χ0n) is 3.39. The third kappa shape index (κ3) is 3.41. The summed E-state index contributed by atoms with van der Waals surface area (Å²) in [5.41, 5.74) is 0. The smallest absolute Gasteiger partial charge is 0.108 e. The predicted molar refractivity (Wildman–Crippen MR) is 24.0 cm³/mol. The van der Waals surface area contributed by atoms with Crippen LogP contribution in [0.4, 0.5) is 4.39 Å². The molecule has 0 unspecified atom stereocenters. The van der Waals surface area contributed by atoms with Crippen molar-refractivity contribution >= 4 is 0 Å². The first-order valence-corrected chi connectivity index (χ1v) is 1.68. The Bertz CT molecular complexity index is 55.0. The lowest BCUT2D eigenvalue weighted by molar-refractivity contribution is 0.562. The maximum atomic E-state index is 11.0. The molecule has 0 aromatic carbocycles. The highest BCUT2D eigenvalue weighted by molar-refractivity contribution is 4.94. The van der Waals surface area contributed by atoms with Crippen molar-refractivity contribution in [2.24, 2.45) is 0 Å². The van der Waals surface area contributed by atoms with E-state index in [2.05, 4.69) is 0 Å². The first-order valence-electron chi connectivity index (χ1n) is 1.68. The Kier molecular flexibility index (Phi) is 3.98. The van der Waals surface area contributed by atoms with E-state index in [0.29, 0.717) is 0 Å². The molecule has 0 saturated heterocycles. The van der Waals surface area contributed by atoms with Gasteiger partial charge in [-0.25, -0.2) is 4.39 Å². The number of rotatable bonds is 2. The van der Waals surface area contributed by atoms with E-state index in [1.165, 1.54) is 18.2 Å². The number of hydrogen-bond acceptors (Lipinski definition) is 0. The van der Waals surface area contributed by atoms with E-state index in [1.54, 1.807) is 0 Å². The maximum Gasteiger partial charge on any atom is 0.108 e. The Balaban J connectivity index is 2.94. The van der Waals surface area contributed by atoms with Gasteiger partial charge in [0.15, 0.2) is 0 Å². The minimum atomic E-state index is -0.437. The van der Waals surface area contributed by atoms with E-state index < -0.39 is 6.67 Å². The van der Waals surface area contributed by atoms with Crippen LogP contribution >= 0.6 is 0 Å². The van der Waals surface area contributed by atoms with Crippen molar-refractivity contribution in [3.63, 3.8) is 0 Å². The normalized spacial score (nSPS) is 9.50. The van der Waals surface area contributed by atoms with E-state index in [-0.39, 0.29) is 0 Å². The third-order valence-electron chi connectivity index (χ3n) is 0.336. The van der Waals surface area contributed by atoms with Gasteiger partial charge < -0.3 is 0 Å². The molecule has 1 heteroatoms. The lowest BCUT2D eigenvalue weighted by Crippen LogP contribution is -1.55. The molecule has 0 aromatic heterocycles. The van der Waals surface area contributed by atoms with Crippen molar-refractivity contribution in [1.29, 1.82) is 0 Å². The van der Waals surface area contributed by atoms with Gasteiger partial charge >= 0.3 is 0 Å². The standard InChI is InChI=1S/C5H6F/c1-2-3-4-5-6/h1-4H,5H2. The zero-order chi connectivity index (χ0) is 4.83. The van der Waals surface area contributed by atoms with Crippen molar-refractivity contribution in [3.8, 4) is 0 Å². The molecule has 0 spiro atoms. The van der Waals surface area contributed by atoms with E-state index in [4.69, 9.17) is 6.58 Å². The Morgan fingerprint density at radius 3 is 2.50 bits per heavy atom. The van der Waals surface area contributed by atoms with E-state index in [0.717, 1.165) is 0 Å². The average molecular weight is 85.1 g/mol. The summed E-state index contributed by atoms with van der Waals surface area (Å²) >= 11 is 0. The van der Waals surface area contributed by atoms with Crippen LogP contribution in [0.15, 0.2) is 18.2 Å². The fourth-order valence-electron chi connectivity index (χ4n) is 0.130. The SMILES string of the molecule is [CH]=CC=CCF. The molecule has 0 nitrogen and oxygen atoms in total. The van der Waals surface area contributed by atoms with Crippen LogP contribution in [-0.4, -0.2) is 6.67 Å². The molecule has 0 rings (SSSR count). The van der Waals surface area contributed by atoms with E-state index in [1.807, 2.05) is 0 Å². The van der Waals surface area contributed by atoms with Gasteiger partial charge in [0.1, 0.15) is 6.67 Å². The summed E-state index contributed by atoms with van der Waals surface area (Å²) in [6.45, 7) is 4.40. The molecule has 0 fully saturated rings. The molecule has 0 aliphatic rings. The van der Waals surface area contributed by atoms with Crippen molar-refractivity contribution in [1.82, 2.24) is 0 Å². The van der Waals surface area contributed by atoms with Crippen LogP contribution in [0, 0.1) is 6.58 Å². The molecule has 6 heavy (non-hydrogen) atoms. The molecule has 0 aliphatic heterocycles. The summed E-state index contributed by atoms with van der Waals surface area (Å²) < 4.78 is 11.0. The second kappa shape index (κ2) is 4.41. The van der Waals surface area contributed by atoms with Crippen LogP contribution in [-0.2, 0) is 0 Å². The van der Waals surface area contributed by atoms with Crippen LogP contribution in [0.1, 0.15) is 0 Å². The van der Waals surface area contributed by atoms with Crippen molar-refractivity contribution in [2.75, 3.05) is 6.67 Å². The summed E-state index contributed by atoms with van der Waals surface area (Å²) in [6.07, 6.45) is 4.08. The summed E-state index contributed by atoms with van der Waals surface area (Å²) in [5, 5.41) is 0. The minimum Gasteiger partial charge on any atom is -0.247 e. The van der Waals surface area contributed by atoms with Crippen LogP contribution in [0.5, 0.6) is 0 Å². The lowest BCUT2D eigenvalue weighted by atomic mass is 10.5. The molecule has 0 aromatic rings. The van der Waals surface area contributed by atoms with Gasteiger partial charge in [0, 0.05) is 0 Å². The highest BCUT2D eigenvalue weighted by atomic mass is 19.1. The molecule has 0 aliphatic carbocycles. The number of hydrogen-bond donors (Lipinski definition) is 0. The van der Waals surface area contributed by atoms with Gasteiger partial charge in [-0.05, 0) is 0 Å². The highest BCUT2D eigenvalue weighted by Gasteiger charge is 1.58. The molecule has 0 amide bonds. The van der Waals surface area contributed by atoms with Crippen LogP contribution in [0.2, 0.25) is 0 Å². The Labute approximate surface area is 37.0 Å². The maximum absolute atomic E-state index is 11.0. The summed E-state index contributed by atoms with van der Waals surface area (Å²) in [7, 11) is 0. The molecule has 1 radical (unpaired) electrons. The van der Waals surface area contributed by atoms with Gasteiger partial charge in [0.05, 0.1) is 0 Å². The molecule has 0 heterocycles. The van der Waals surface area contributed by atoms with Gasteiger partial charge in [0.25, 0.3) is 0 Å². The van der Waals surface area contributed by atoms with Crippen LogP contribution < -0.4 is 0 Å². The topological polar surface area (TPSA) is 0 Å². The predicted octanol–water partition coefficient (Wildman–Crippen LogP) is 1.50. The number of alkyl halides is 1. The van der Waals surface area contributed by atoms with Gasteiger partial charge in [-0.1, -0.05) is 24.8 Å².